The molecule has 0 bridgehead atoms. The number of hydrogen-bond donors (Lipinski definition) is 0. The van der Waals surface area contributed by atoms with Gasteiger partial charge in [0.05, 0.1) is 22.8 Å². The van der Waals surface area contributed by atoms with Crippen LogP contribution in [0, 0.1) is 55.4 Å². The molecule has 1 heterocycles. The molecule has 3 heteroatoms. The molecule has 0 aliphatic heterocycles. The third-order valence-electron chi connectivity index (χ3n) is 6.53. The van der Waals surface area contributed by atoms with E-state index >= 15 is 0 Å². The maximum absolute atomic E-state index is 6.17. The van der Waals surface area contributed by atoms with Crippen LogP contribution in [0.5, 0.6) is 0 Å². The average Bonchev–Trinajstić information content (AvgIpc) is 3.21. The highest BCUT2D eigenvalue weighted by molar-refractivity contribution is 6.02. The average molecular weight is 415 g/mol. The molecule has 0 aliphatic carbocycles. The lowest BCUT2D eigenvalue weighted by atomic mass is 9.99. The Bertz CT molecular complexity index is 1080. The first-order valence-electron chi connectivity index (χ1n) is 10.9. The minimum absolute atomic E-state index is 0.774. The van der Waals surface area contributed by atoms with E-state index in [4.69, 9.17) is 14.4 Å². The van der Waals surface area contributed by atoms with E-state index in [1.807, 2.05) is 26.0 Å². The highest BCUT2D eigenvalue weighted by atomic mass is 16.3. The number of rotatable bonds is 4. The molecule has 0 atom stereocenters. The Morgan fingerprint density at radius 3 is 1.13 bits per heavy atom. The van der Waals surface area contributed by atoms with Crippen molar-refractivity contribution in [2.24, 2.45) is 9.98 Å². The summed E-state index contributed by atoms with van der Waals surface area (Å²) >= 11 is 0. The second-order valence-corrected chi connectivity index (χ2v) is 8.78. The summed E-state index contributed by atoms with van der Waals surface area (Å²) < 4.78 is 6.17. The van der Waals surface area contributed by atoms with Crippen LogP contribution in [0.4, 0.5) is 11.4 Å². The van der Waals surface area contributed by atoms with Gasteiger partial charge in [0.15, 0.2) is 0 Å². The first-order chi connectivity index (χ1) is 14.5. The third-order valence-corrected chi connectivity index (χ3v) is 6.53. The van der Waals surface area contributed by atoms with Crippen molar-refractivity contribution in [3.8, 4) is 0 Å². The van der Waals surface area contributed by atoms with Crippen LogP contribution >= 0.6 is 0 Å². The molecule has 162 valence electrons. The molecule has 0 amide bonds. The van der Waals surface area contributed by atoms with E-state index in [0.717, 1.165) is 34.3 Å². The van der Waals surface area contributed by atoms with Crippen molar-refractivity contribution >= 4 is 22.8 Å². The summed E-state index contributed by atoms with van der Waals surface area (Å²) in [7, 11) is 0. The summed E-state index contributed by atoms with van der Waals surface area (Å²) in [5.41, 5.74) is 13.7. The number of aliphatic imine (C=N–C) groups is 2. The van der Waals surface area contributed by atoms with Crippen LogP contribution in [0.3, 0.4) is 0 Å². The maximum atomic E-state index is 6.17. The minimum atomic E-state index is 0.774. The van der Waals surface area contributed by atoms with E-state index in [0.29, 0.717) is 0 Å². The van der Waals surface area contributed by atoms with Gasteiger partial charge in [-0.3, -0.25) is 0 Å². The summed E-state index contributed by atoms with van der Waals surface area (Å²) in [6.45, 7) is 21.1. The predicted octanol–water partition coefficient (Wildman–Crippen LogP) is 8.03. The first-order valence-corrected chi connectivity index (χ1v) is 10.9. The Balaban J connectivity index is 1.99. The molecule has 0 aliphatic rings. The molecular weight excluding hydrogens is 380 g/mol. The van der Waals surface area contributed by atoms with Gasteiger partial charge in [-0.2, -0.15) is 0 Å². The van der Waals surface area contributed by atoms with Crippen LogP contribution in [0.2, 0.25) is 0 Å². The number of furan rings is 1. The highest BCUT2D eigenvalue weighted by Gasteiger charge is 2.13. The topological polar surface area (TPSA) is 37.9 Å². The number of nitrogens with zero attached hydrogens (tertiary/aromatic N) is 2. The van der Waals surface area contributed by atoms with Gasteiger partial charge >= 0.3 is 0 Å². The zero-order valence-corrected chi connectivity index (χ0v) is 20.6. The Morgan fingerprint density at radius 2 is 0.839 bits per heavy atom. The monoisotopic (exact) mass is 414 g/mol. The molecule has 0 radical (unpaired) electrons. The number of aryl methyl sites for hydroxylation is 4. The van der Waals surface area contributed by atoms with Crippen LogP contribution < -0.4 is 0 Å². The van der Waals surface area contributed by atoms with Gasteiger partial charge in [0, 0.05) is 0 Å². The van der Waals surface area contributed by atoms with Gasteiger partial charge in [0.1, 0.15) is 11.5 Å². The molecule has 0 fully saturated rings. The van der Waals surface area contributed by atoms with E-state index in [1.54, 1.807) is 0 Å². The minimum Gasteiger partial charge on any atom is -0.454 e. The van der Waals surface area contributed by atoms with Crippen molar-refractivity contribution in [3.05, 3.63) is 80.3 Å². The smallest absolute Gasteiger partial charge is 0.148 e. The fourth-order valence-electron chi connectivity index (χ4n) is 3.90. The zero-order chi connectivity index (χ0) is 23.0. The lowest BCUT2D eigenvalue weighted by molar-refractivity contribution is 0.547. The van der Waals surface area contributed by atoms with E-state index in [9.17, 15) is 0 Å². The molecule has 0 saturated carbocycles. The fraction of sp³-hybridized carbons (Fsp3) is 0.357. The SMILES string of the molecule is C/C(=N\c1c(C)c(C)cc(C)c1C)c1ccc(/C(C)=N/c2c(C)c(C)cc(C)c2C)o1. The largest absolute Gasteiger partial charge is 0.454 e. The van der Waals surface area contributed by atoms with Crippen molar-refractivity contribution in [1.82, 2.24) is 0 Å². The third kappa shape index (κ3) is 4.41. The van der Waals surface area contributed by atoms with Gasteiger partial charge in [-0.05, 0) is 126 Å². The normalized spacial score (nSPS) is 12.6. The standard InChI is InChI=1S/C28H34N2O/c1-15-13-16(2)20(6)27(19(15)5)29-23(9)25-11-12-26(31-25)24(10)30-28-21(7)17(3)14-18(4)22(28)8/h11-14H,1-10H3/b29-23+,30-24+. The Labute approximate surface area is 187 Å². The van der Waals surface area contributed by atoms with E-state index in [2.05, 4.69) is 67.5 Å². The number of benzene rings is 2. The van der Waals surface area contributed by atoms with E-state index in [1.165, 1.54) is 44.5 Å². The molecule has 0 saturated heterocycles. The van der Waals surface area contributed by atoms with Crippen LogP contribution in [-0.4, -0.2) is 11.4 Å². The van der Waals surface area contributed by atoms with Crippen LogP contribution in [0.1, 0.15) is 69.9 Å². The first kappa shape index (κ1) is 22.7. The van der Waals surface area contributed by atoms with Crippen molar-refractivity contribution in [2.75, 3.05) is 0 Å². The van der Waals surface area contributed by atoms with Crippen molar-refractivity contribution < 1.29 is 4.42 Å². The summed E-state index contributed by atoms with van der Waals surface area (Å²) in [6, 6.07) is 8.42. The van der Waals surface area contributed by atoms with Gasteiger partial charge in [0.2, 0.25) is 0 Å². The van der Waals surface area contributed by atoms with Crippen molar-refractivity contribution in [2.45, 2.75) is 69.2 Å². The Kier molecular flexibility index (Phi) is 6.35. The highest BCUT2D eigenvalue weighted by Crippen LogP contribution is 2.31. The van der Waals surface area contributed by atoms with Gasteiger partial charge in [-0.15, -0.1) is 0 Å². The van der Waals surface area contributed by atoms with Crippen molar-refractivity contribution in [1.29, 1.82) is 0 Å². The molecule has 0 unspecified atom stereocenters. The second-order valence-electron chi connectivity index (χ2n) is 8.78. The van der Waals surface area contributed by atoms with Gasteiger partial charge < -0.3 is 4.42 Å². The van der Waals surface area contributed by atoms with E-state index in [-0.39, 0.29) is 0 Å². The van der Waals surface area contributed by atoms with Gasteiger partial charge in [0.25, 0.3) is 0 Å². The molecule has 31 heavy (non-hydrogen) atoms. The maximum Gasteiger partial charge on any atom is 0.148 e. The van der Waals surface area contributed by atoms with Crippen LogP contribution in [-0.2, 0) is 0 Å². The Morgan fingerprint density at radius 1 is 0.548 bits per heavy atom. The molecular formula is C28H34N2O. The molecule has 3 nitrogen and oxygen atoms in total. The molecule has 0 spiro atoms. The summed E-state index contributed by atoms with van der Waals surface area (Å²) in [4.78, 5) is 9.88. The fourth-order valence-corrected chi connectivity index (χ4v) is 3.90. The van der Waals surface area contributed by atoms with Gasteiger partial charge in [-0.1, -0.05) is 12.1 Å². The molecule has 1 aromatic heterocycles. The summed E-state index contributed by atoms with van der Waals surface area (Å²) in [5.74, 6) is 1.55. The molecule has 3 aromatic rings. The van der Waals surface area contributed by atoms with Crippen LogP contribution in [0.15, 0.2) is 38.7 Å². The zero-order valence-electron chi connectivity index (χ0n) is 20.6. The lowest BCUT2D eigenvalue weighted by Crippen LogP contribution is -1.97. The van der Waals surface area contributed by atoms with Crippen molar-refractivity contribution in [3.63, 3.8) is 0 Å². The van der Waals surface area contributed by atoms with Crippen LogP contribution in [0.25, 0.3) is 0 Å². The lowest BCUT2D eigenvalue weighted by Gasteiger charge is -2.12. The van der Waals surface area contributed by atoms with Gasteiger partial charge in [-0.25, -0.2) is 9.98 Å². The van der Waals surface area contributed by atoms with E-state index < -0.39 is 0 Å². The molecule has 0 N–H and O–H groups in total. The second kappa shape index (κ2) is 8.66. The Hall–Kier alpha value is -2.94. The summed E-state index contributed by atoms with van der Waals surface area (Å²) in [5, 5.41) is 0. The summed E-state index contributed by atoms with van der Waals surface area (Å²) in [6.07, 6.45) is 0. The number of hydrogen-bond acceptors (Lipinski definition) is 3. The molecule has 3 rings (SSSR count). The molecule has 2 aromatic carbocycles. The quantitative estimate of drug-likeness (QED) is 0.398. The predicted molar refractivity (Wildman–Crippen MR) is 133 cm³/mol.